The van der Waals surface area contributed by atoms with Gasteiger partial charge in [0.25, 0.3) is 0 Å². The molecule has 0 fully saturated rings. The van der Waals surface area contributed by atoms with Crippen molar-refractivity contribution in [1.82, 2.24) is 14.5 Å². The fourth-order valence-electron chi connectivity index (χ4n) is 3.25. The number of anilines is 1. The Labute approximate surface area is 211 Å². The largest absolute Gasteiger partial charge is 0.354 e. The molecule has 2 rings (SSSR count). The standard InChI is InChI=1S/C24H32ClFN4O4S/c1-5-6-15-27-24(32)18(2)29(16-19-9-7-8-10-22(19)25)23(31)17-30(35(33,34)28(3)4)21-13-11-20(26)12-14-21/h7-14,18H,5-6,15-17H2,1-4H3,(H,27,32)/t18-/m1/s1. The first-order valence-electron chi connectivity index (χ1n) is 11.2. The fraction of sp³-hybridized carbons (Fsp3) is 0.417. The first kappa shape index (κ1) is 28.5. The van der Waals surface area contributed by atoms with Gasteiger partial charge in [0.1, 0.15) is 18.4 Å². The Morgan fingerprint density at radius 3 is 2.29 bits per heavy atom. The van der Waals surface area contributed by atoms with Crippen LogP contribution in [0, 0.1) is 5.82 Å². The highest BCUT2D eigenvalue weighted by Crippen LogP contribution is 2.23. The van der Waals surface area contributed by atoms with Gasteiger partial charge in [-0.05, 0) is 49.2 Å². The van der Waals surface area contributed by atoms with Crippen LogP contribution in [0.25, 0.3) is 0 Å². The monoisotopic (exact) mass is 526 g/mol. The average Bonchev–Trinajstić information content (AvgIpc) is 2.82. The Bertz CT molecular complexity index is 1110. The minimum Gasteiger partial charge on any atom is -0.354 e. The number of halogens is 2. The summed E-state index contributed by atoms with van der Waals surface area (Å²) in [6, 6.07) is 10.8. The Hall–Kier alpha value is -2.69. The molecule has 8 nitrogen and oxygen atoms in total. The van der Waals surface area contributed by atoms with Gasteiger partial charge in [-0.1, -0.05) is 43.1 Å². The summed E-state index contributed by atoms with van der Waals surface area (Å²) in [5.74, 6) is -1.51. The predicted molar refractivity (Wildman–Crippen MR) is 136 cm³/mol. The van der Waals surface area contributed by atoms with Crippen molar-refractivity contribution in [2.24, 2.45) is 0 Å². The van der Waals surface area contributed by atoms with Crippen LogP contribution in [0.1, 0.15) is 32.3 Å². The number of hydrogen-bond acceptors (Lipinski definition) is 4. The number of nitrogens with zero attached hydrogens (tertiary/aromatic N) is 3. The molecule has 0 spiro atoms. The second-order valence-electron chi connectivity index (χ2n) is 8.21. The summed E-state index contributed by atoms with van der Waals surface area (Å²) in [6.45, 7) is 3.45. The van der Waals surface area contributed by atoms with Crippen LogP contribution in [-0.2, 0) is 26.3 Å². The second-order valence-corrected chi connectivity index (χ2v) is 10.7. The van der Waals surface area contributed by atoms with Crippen molar-refractivity contribution in [3.8, 4) is 0 Å². The van der Waals surface area contributed by atoms with E-state index in [4.69, 9.17) is 11.6 Å². The summed E-state index contributed by atoms with van der Waals surface area (Å²) < 4.78 is 41.4. The van der Waals surface area contributed by atoms with E-state index in [1.54, 1.807) is 31.2 Å². The molecule has 0 aromatic heterocycles. The molecule has 2 amide bonds. The quantitative estimate of drug-likeness (QED) is 0.429. The van der Waals surface area contributed by atoms with Crippen molar-refractivity contribution in [2.75, 3.05) is 31.5 Å². The lowest BCUT2D eigenvalue weighted by molar-refractivity contribution is -0.139. The third kappa shape index (κ3) is 7.65. The topological polar surface area (TPSA) is 90.0 Å². The van der Waals surface area contributed by atoms with Gasteiger partial charge < -0.3 is 10.2 Å². The first-order chi connectivity index (χ1) is 16.5. The Balaban J connectivity index is 2.42. The molecule has 0 heterocycles. The molecule has 35 heavy (non-hydrogen) atoms. The molecule has 0 aliphatic carbocycles. The Kier molecular flexibility index (Phi) is 10.5. The summed E-state index contributed by atoms with van der Waals surface area (Å²) in [5, 5.41) is 3.23. The van der Waals surface area contributed by atoms with Crippen LogP contribution in [0.3, 0.4) is 0 Å². The van der Waals surface area contributed by atoms with E-state index in [1.807, 2.05) is 6.92 Å². The molecule has 192 valence electrons. The molecule has 0 radical (unpaired) electrons. The van der Waals surface area contributed by atoms with Gasteiger partial charge in [0.2, 0.25) is 11.8 Å². The van der Waals surface area contributed by atoms with Gasteiger partial charge >= 0.3 is 10.2 Å². The summed E-state index contributed by atoms with van der Waals surface area (Å²) in [7, 11) is -1.44. The molecule has 0 unspecified atom stereocenters. The minimum absolute atomic E-state index is 0.000140. The van der Waals surface area contributed by atoms with E-state index >= 15 is 0 Å². The molecule has 2 aromatic rings. The van der Waals surface area contributed by atoms with Crippen molar-refractivity contribution in [1.29, 1.82) is 0 Å². The van der Waals surface area contributed by atoms with Crippen LogP contribution < -0.4 is 9.62 Å². The van der Waals surface area contributed by atoms with Crippen LogP contribution in [0.15, 0.2) is 48.5 Å². The zero-order valence-electron chi connectivity index (χ0n) is 20.4. The minimum atomic E-state index is -4.11. The highest BCUT2D eigenvalue weighted by molar-refractivity contribution is 7.90. The van der Waals surface area contributed by atoms with Gasteiger partial charge in [-0.15, -0.1) is 0 Å². The van der Waals surface area contributed by atoms with E-state index in [1.165, 1.54) is 31.1 Å². The molecule has 1 N–H and O–H groups in total. The van der Waals surface area contributed by atoms with E-state index in [-0.39, 0.29) is 18.1 Å². The Morgan fingerprint density at radius 2 is 1.71 bits per heavy atom. The number of rotatable bonds is 12. The molecule has 0 saturated heterocycles. The molecular formula is C24H32ClFN4O4S. The summed E-state index contributed by atoms with van der Waals surface area (Å²) in [6.07, 6.45) is 1.68. The second kappa shape index (κ2) is 12.9. The molecule has 11 heteroatoms. The van der Waals surface area contributed by atoms with E-state index in [0.29, 0.717) is 17.1 Å². The highest BCUT2D eigenvalue weighted by Gasteiger charge is 2.32. The lowest BCUT2D eigenvalue weighted by Crippen LogP contribution is -2.52. The highest BCUT2D eigenvalue weighted by atomic mass is 35.5. The average molecular weight is 527 g/mol. The van der Waals surface area contributed by atoms with Crippen LogP contribution in [0.5, 0.6) is 0 Å². The molecule has 0 aliphatic heterocycles. The number of carbonyl (C=O) groups excluding carboxylic acids is 2. The van der Waals surface area contributed by atoms with Crippen LogP contribution in [0.4, 0.5) is 10.1 Å². The maximum Gasteiger partial charge on any atom is 0.304 e. The van der Waals surface area contributed by atoms with Crippen LogP contribution in [0.2, 0.25) is 5.02 Å². The Morgan fingerprint density at radius 1 is 1.09 bits per heavy atom. The van der Waals surface area contributed by atoms with E-state index < -0.39 is 34.5 Å². The summed E-state index contributed by atoms with van der Waals surface area (Å²) in [4.78, 5) is 27.7. The van der Waals surface area contributed by atoms with Crippen molar-refractivity contribution in [3.05, 3.63) is 64.9 Å². The van der Waals surface area contributed by atoms with Gasteiger partial charge in [0.15, 0.2) is 0 Å². The maximum absolute atomic E-state index is 13.6. The summed E-state index contributed by atoms with van der Waals surface area (Å²) in [5.41, 5.74) is 0.728. The van der Waals surface area contributed by atoms with Crippen molar-refractivity contribution >= 4 is 39.3 Å². The number of benzene rings is 2. The smallest absolute Gasteiger partial charge is 0.304 e. The van der Waals surface area contributed by atoms with Crippen molar-refractivity contribution in [2.45, 2.75) is 39.3 Å². The van der Waals surface area contributed by atoms with Crippen LogP contribution in [-0.4, -0.2) is 62.7 Å². The zero-order chi connectivity index (χ0) is 26.2. The fourth-order valence-corrected chi connectivity index (χ4v) is 4.50. The van der Waals surface area contributed by atoms with E-state index in [0.717, 1.165) is 33.6 Å². The number of nitrogens with one attached hydrogen (secondary N) is 1. The van der Waals surface area contributed by atoms with Gasteiger partial charge in [-0.2, -0.15) is 12.7 Å². The number of unbranched alkanes of at least 4 members (excludes halogenated alkanes) is 1. The van der Waals surface area contributed by atoms with E-state index in [9.17, 15) is 22.4 Å². The first-order valence-corrected chi connectivity index (χ1v) is 13.0. The number of carbonyl (C=O) groups is 2. The summed E-state index contributed by atoms with van der Waals surface area (Å²) >= 11 is 6.30. The molecule has 2 aromatic carbocycles. The SMILES string of the molecule is CCCCNC(=O)[C@@H](C)N(Cc1ccccc1Cl)C(=O)CN(c1ccc(F)cc1)S(=O)(=O)N(C)C. The van der Waals surface area contributed by atoms with Crippen molar-refractivity contribution < 1.29 is 22.4 Å². The normalized spacial score (nSPS) is 12.3. The van der Waals surface area contributed by atoms with Crippen molar-refractivity contribution in [3.63, 3.8) is 0 Å². The van der Waals surface area contributed by atoms with Crippen LogP contribution >= 0.6 is 11.6 Å². The molecule has 1 atom stereocenters. The molecule has 0 bridgehead atoms. The molecule has 0 saturated carbocycles. The predicted octanol–water partition coefficient (Wildman–Crippen LogP) is 3.43. The van der Waals surface area contributed by atoms with E-state index in [2.05, 4.69) is 5.32 Å². The molecular weight excluding hydrogens is 495 g/mol. The lowest BCUT2D eigenvalue weighted by Gasteiger charge is -2.33. The van der Waals surface area contributed by atoms with Gasteiger partial charge in [-0.3, -0.25) is 9.59 Å². The number of hydrogen-bond donors (Lipinski definition) is 1. The maximum atomic E-state index is 13.6. The third-order valence-electron chi connectivity index (χ3n) is 5.43. The zero-order valence-corrected chi connectivity index (χ0v) is 21.9. The third-order valence-corrected chi connectivity index (χ3v) is 7.62. The van der Waals surface area contributed by atoms with Gasteiger partial charge in [0, 0.05) is 32.2 Å². The van der Waals surface area contributed by atoms with Gasteiger partial charge in [0.05, 0.1) is 5.69 Å². The molecule has 0 aliphatic rings. The number of amides is 2. The van der Waals surface area contributed by atoms with Gasteiger partial charge in [-0.25, -0.2) is 8.70 Å². The lowest BCUT2D eigenvalue weighted by atomic mass is 10.1.